The van der Waals surface area contributed by atoms with E-state index in [-0.39, 0.29) is 11.8 Å². The summed E-state index contributed by atoms with van der Waals surface area (Å²) >= 11 is 5.98. The van der Waals surface area contributed by atoms with Crippen LogP contribution in [0.3, 0.4) is 0 Å². The van der Waals surface area contributed by atoms with Crippen molar-refractivity contribution in [2.75, 3.05) is 18.5 Å². The van der Waals surface area contributed by atoms with Crippen LogP contribution in [0.15, 0.2) is 36.4 Å². The molecule has 132 valence electrons. The summed E-state index contributed by atoms with van der Waals surface area (Å²) in [5.41, 5.74) is 2.09. The SMILES string of the molecule is CCNC(=O)c1cc(Cl)ccc1NC(=O)c1ccc(OCC)c(C)c1. The molecule has 0 aliphatic rings. The second-order valence-electron chi connectivity index (χ2n) is 5.42. The number of amides is 2. The molecule has 2 rings (SSSR count). The molecule has 5 nitrogen and oxygen atoms in total. The summed E-state index contributed by atoms with van der Waals surface area (Å²) in [5, 5.41) is 5.91. The van der Waals surface area contributed by atoms with E-state index in [9.17, 15) is 9.59 Å². The number of rotatable bonds is 6. The summed E-state index contributed by atoms with van der Waals surface area (Å²) in [6.45, 7) is 6.65. The molecule has 2 N–H and O–H groups in total. The molecule has 0 fully saturated rings. The first-order chi connectivity index (χ1) is 12.0. The van der Waals surface area contributed by atoms with Gasteiger partial charge in [0.1, 0.15) is 5.75 Å². The maximum absolute atomic E-state index is 12.5. The normalized spacial score (nSPS) is 10.2. The fourth-order valence-electron chi connectivity index (χ4n) is 2.37. The second kappa shape index (κ2) is 8.53. The zero-order valence-electron chi connectivity index (χ0n) is 14.5. The van der Waals surface area contributed by atoms with Crippen molar-refractivity contribution in [2.24, 2.45) is 0 Å². The molecule has 0 saturated carbocycles. The minimum Gasteiger partial charge on any atom is -0.494 e. The molecule has 2 aromatic rings. The lowest BCUT2D eigenvalue weighted by Crippen LogP contribution is -2.25. The van der Waals surface area contributed by atoms with Crippen molar-refractivity contribution in [1.29, 1.82) is 0 Å². The number of anilines is 1. The molecule has 0 aromatic heterocycles. The number of carbonyl (C=O) groups excluding carboxylic acids is 2. The number of hydrogen-bond acceptors (Lipinski definition) is 3. The summed E-state index contributed by atoms with van der Waals surface area (Å²) in [6, 6.07) is 9.98. The molecule has 0 unspecified atom stereocenters. The van der Waals surface area contributed by atoms with Gasteiger partial charge >= 0.3 is 0 Å². The lowest BCUT2D eigenvalue weighted by Gasteiger charge is -2.13. The van der Waals surface area contributed by atoms with E-state index >= 15 is 0 Å². The molecular weight excluding hydrogens is 340 g/mol. The van der Waals surface area contributed by atoms with Crippen LogP contribution in [0.25, 0.3) is 0 Å². The van der Waals surface area contributed by atoms with E-state index in [1.807, 2.05) is 20.8 Å². The van der Waals surface area contributed by atoms with Crippen LogP contribution in [-0.2, 0) is 0 Å². The molecule has 0 spiro atoms. The van der Waals surface area contributed by atoms with Gasteiger partial charge in [0.25, 0.3) is 11.8 Å². The van der Waals surface area contributed by atoms with Gasteiger partial charge in [-0.15, -0.1) is 0 Å². The first kappa shape index (κ1) is 18.8. The van der Waals surface area contributed by atoms with Crippen LogP contribution < -0.4 is 15.4 Å². The van der Waals surface area contributed by atoms with E-state index in [0.717, 1.165) is 11.3 Å². The topological polar surface area (TPSA) is 67.4 Å². The van der Waals surface area contributed by atoms with Gasteiger partial charge in [0.15, 0.2) is 0 Å². The quantitative estimate of drug-likeness (QED) is 0.816. The molecule has 0 heterocycles. The van der Waals surface area contributed by atoms with E-state index in [4.69, 9.17) is 16.3 Å². The van der Waals surface area contributed by atoms with Crippen molar-refractivity contribution < 1.29 is 14.3 Å². The predicted molar refractivity (Wildman–Crippen MR) is 99.8 cm³/mol. The number of halogens is 1. The smallest absolute Gasteiger partial charge is 0.255 e. The van der Waals surface area contributed by atoms with Crippen molar-refractivity contribution in [3.63, 3.8) is 0 Å². The standard InChI is InChI=1S/C19H21ClN2O3/c1-4-21-19(24)15-11-14(20)7-8-16(15)22-18(23)13-6-9-17(25-5-2)12(3)10-13/h6-11H,4-5H2,1-3H3,(H,21,24)(H,22,23). The van der Waals surface area contributed by atoms with Gasteiger partial charge in [-0.3, -0.25) is 9.59 Å². The summed E-state index contributed by atoms with van der Waals surface area (Å²) in [4.78, 5) is 24.7. The molecule has 0 atom stereocenters. The Morgan fingerprint density at radius 3 is 2.48 bits per heavy atom. The van der Waals surface area contributed by atoms with Crippen molar-refractivity contribution in [1.82, 2.24) is 5.32 Å². The van der Waals surface area contributed by atoms with Gasteiger partial charge in [0.2, 0.25) is 0 Å². The number of nitrogens with one attached hydrogen (secondary N) is 2. The van der Waals surface area contributed by atoms with Crippen LogP contribution in [0.2, 0.25) is 5.02 Å². The third-order valence-corrected chi connectivity index (χ3v) is 3.78. The van der Waals surface area contributed by atoms with E-state index in [0.29, 0.717) is 35.0 Å². The molecule has 25 heavy (non-hydrogen) atoms. The zero-order chi connectivity index (χ0) is 18.4. The van der Waals surface area contributed by atoms with E-state index < -0.39 is 0 Å². The first-order valence-corrected chi connectivity index (χ1v) is 8.46. The average molecular weight is 361 g/mol. The summed E-state index contributed by atoms with van der Waals surface area (Å²) < 4.78 is 5.48. The number of aryl methyl sites for hydroxylation is 1. The van der Waals surface area contributed by atoms with Crippen LogP contribution in [0.5, 0.6) is 5.75 Å². The monoisotopic (exact) mass is 360 g/mol. The van der Waals surface area contributed by atoms with Gasteiger partial charge in [-0.25, -0.2) is 0 Å². The van der Waals surface area contributed by atoms with Gasteiger partial charge in [0.05, 0.1) is 17.9 Å². The predicted octanol–water partition coefficient (Wildman–Crippen LogP) is 4.05. The fraction of sp³-hybridized carbons (Fsp3) is 0.263. The highest BCUT2D eigenvalue weighted by molar-refractivity contribution is 6.31. The Hall–Kier alpha value is -2.53. The summed E-state index contributed by atoms with van der Waals surface area (Å²) in [5.74, 6) is 0.149. The van der Waals surface area contributed by atoms with E-state index in [2.05, 4.69) is 10.6 Å². The fourth-order valence-corrected chi connectivity index (χ4v) is 2.54. The molecule has 6 heteroatoms. The summed E-state index contributed by atoms with van der Waals surface area (Å²) in [7, 11) is 0. The lowest BCUT2D eigenvalue weighted by atomic mass is 10.1. The zero-order valence-corrected chi connectivity index (χ0v) is 15.2. The largest absolute Gasteiger partial charge is 0.494 e. The highest BCUT2D eigenvalue weighted by Gasteiger charge is 2.15. The second-order valence-corrected chi connectivity index (χ2v) is 5.85. The van der Waals surface area contributed by atoms with E-state index in [1.165, 1.54) is 6.07 Å². The minimum absolute atomic E-state index is 0.289. The van der Waals surface area contributed by atoms with Gasteiger partial charge in [-0.1, -0.05) is 11.6 Å². The average Bonchev–Trinajstić information content (AvgIpc) is 2.58. The van der Waals surface area contributed by atoms with Crippen LogP contribution >= 0.6 is 11.6 Å². The Balaban J connectivity index is 2.26. The van der Waals surface area contributed by atoms with Crippen LogP contribution in [-0.4, -0.2) is 25.0 Å². The van der Waals surface area contributed by atoms with Crippen LogP contribution in [0.1, 0.15) is 40.1 Å². The van der Waals surface area contributed by atoms with Crippen LogP contribution in [0.4, 0.5) is 5.69 Å². The minimum atomic E-state index is -0.306. The number of ether oxygens (including phenoxy) is 1. The molecule has 0 aliphatic heterocycles. The van der Waals surface area contributed by atoms with Crippen molar-refractivity contribution in [3.8, 4) is 5.75 Å². The van der Waals surface area contributed by atoms with E-state index in [1.54, 1.807) is 30.3 Å². The van der Waals surface area contributed by atoms with Gasteiger partial charge in [-0.2, -0.15) is 0 Å². The van der Waals surface area contributed by atoms with Crippen molar-refractivity contribution in [3.05, 3.63) is 58.1 Å². The third-order valence-electron chi connectivity index (χ3n) is 3.55. The Kier molecular flexibility index (Phi) is 6.42. The van der Waals surface area contributed by atoms with Gasteiger partial charge in [0, 0.05) is 17.1 Å². The maximum atomic E-state index is 12.5. The molecule has 0 aliphatic carbocycles. The number of benzene rings is 2. The molecule has 0 bridgehead atoms. The van der Waals surface area contributed by atoms with Crippen LogP contribution in [0, 0.1) is 6.92 Å². The number of carbonyl (C=O) groups is 2. The Labute approximate surface area is 152 Å². The Morgan fingerprint density at radius 1 is 1.08 bits per heavy atom. The van der Waals surface area contributed by atoms with Crippen molar-refractivity contribution in [2.45, 2.75) is 20.8 Å². The lowest BCUT2D eigenvalue weighted by molar-refractivity contribution is 0.0956. The van der Waals surface area contributed by atoms with Gasteiger partial charge in [-0.05, 0) is 62.7 Å². The molecule has 2 amide bonds. The highest BCUT2D eigenvalue weighted by atomic mass is 35.5. The maximum Gasteiger partial charge on any atom is 0.255 e. The molecule has 0 radical (unpaired) electrons. The first-order valence-electron chi connectivity index (χ1n) is 8.08. The third kappa shape index (κ3) is 4.73. The van der Waals surface area contributed by atoms with Crippen molar-refractivity contribution >= 4 is 29.1 Å². The number of hydrogen-bond donors (Lipinski definition) is 2. The Morgan fingerprint density at radius 2 is 1.84 bits per heavy atom. The van der Waals surface area contributed by atoms with Gasteiger partial charge < -0.3 is 15.4 Å². The molecule has 2 aromatic carbocycles. The molecule has 0 saturated heterocycles. The Bertz CT molecular complexity index is 790. The molecular formula is C19H21ClN2O3. The summed E-state index contributed by atoms with van der Waals surface area (Å²) in [6.07, 6.45) is 0. The highest BCUT2D eigenvalue weighted by Crippen LogP contribution is 2.23.